The first-order chi connectivity index (χ1) is 13.2. The van der Waals surface area contributed by atoms with E-state index in [1.165, 1.54) is 23.5 Å². The van der Waals surface area contributed by atoms with Crippen LogP contribution in [0.4, 0.5) is 4.39 Å². The van der Waals surface area contributed by atoms with E-state index >= 15 is 0 Å². The lowest BCUT2D eigenvalue weighted by Crippen LogP contribution is -2.31. The normalized spacial score (nSPS) is 13.4. The minimum absolute atomic E-state index is 0.123. The summed E-state index contributed by atoms with van der Waals surface area (Å²) in [5, 5.41) is 0.659. The van der Waals surface area contributed by atoms with Crippen molar-refractivity contribution in [2.24, 2.45) is 0 Å². The zero-order chi connectivity index (χ0) is 20.4. The van der Waals surface area contributed by atoms with Crippen molar-refractivity contribution in [3.8, 4) is 0 Å². The number of hydrogen-bond donors (Lipinski definition) is 1. The van der Waals surface area contributed by atoms with Gasteiger partial charge >= 0.3 is 0 Å². The molecule has 1 heterocycles. The largest absolute Gasteiger partial charge is 0.240 e. The molecule has 0 aliphatic rings. The molecule has 0 aliphatic heterocycles. The van der Waals surface area contributed by atoms with Gasteiger partial charge in [0.15, 0.2) is 9.84 Å². The first-order valence-corrected chi connectivity index (χ1v) is 12.2. The molecule has 1 N–H and O–H groups in total. The molecule has 28 heavy (non-hydrogen) atoms. The lowest BCUT2D eigenvalue weighted by Gasteiger charge is -2.18. The minimum atomic E-state index is -3.99. The molecule has 0 amide bonds. The van der Waals surface area contributed by atoms with E-state index in [2.05, 4.69) is 4.72 Å². The molecule has 1 atom stereocenters. The minimum Gasteiger partial charge on any atom is -0.223 e. The number of sulfonamides is 1. The van der Waals surface area contributed by atoms with E-state index < -0.39 is 30.9 Å². The first-order valence-electron chi connectivity index (χ1n) is 8.29. The lowest BCUT2D eigenvalue weighted by atomic mass is 10.2. The van der Waals surface area contributed by atoms with E-state index in [1.807, 2.05) is 6.92 Å². The maximum atomic E-state index is 13.2. The number of halogens is 1. The summed E-state index contributed by atoms with van der Waals surface area (Å²) in [7, 11) is -7.82. The van der Waals surface area contributed by atoms with E-state index in [1.54, 1.807) is 29.6 Å². The summed E-state index contributed by atoms with van der Waals surface area (Å²) in [4.78, 5) is 0.520. The third kappa shape index (κ3) is 4.49. The van der Waals surface area contributed by atoms with Crippen LogP contribution in [-0.4, -0.2) is 23.4 Å². The van der Waals surface area contributed by atoms with Crippen LogP contribution < -0.4 is 4.72 Å². The van der Waals surface area contributed by atoms with Crippen LogP contribution in [-0.2, 0) is 19.9 Å². The number of nitrogens with one attached hydrogen (secondary N) is 1. The highest BCUT2D eigenvalue weighted by molar-refractivity contribution is 7.92. The van der Waals surface area contributed by atoms with Crippen molar-refractivity contribution in [2.75, 3.05) is 6.54 Å². The monoisotopic (exact) mass is 439 g/mol. The van der Waals surface area contributed by atoms with Gasteiger partial charge in [-0.2, -0.15) is 0 Å². The third-order valence-electron chi connectivity index (χ3n) is 4.17. The topological polar surface area (TPSA) is 80.3 Å². The van der Waals surface area contributed by atoms with Crippen molar-refractivity contribution in [1.29, 1.82) is 0 Å². The number of benzene rings is 2. The summed E-state index contributed by atoms with van der Waals surface area (Å²) >= 11 is 1.24. The van der Waals surface area contributed by atoms with Crippen LogP contribution in [0.2, 0.25) is 0 Å². The third-order valence-corrected chi connectivity index (χ3v) is 8.84. The molecule has 0 bridgehead atoms. The molecule has 1 aromatic heterocycles. The second-order valence-electron chi connectivity index (χ2n) is 6.17. The molecule has 0 saturated carbocycles. The molecule has 0 aliphatic carbocycles. The Morgan fingerprint density at radius 2 is 1.54 bits per heavy atom. The van der Waals surface area contributed by atoms with Crippen LogP contribution in [0.3, 0.4) is 0 Å². The molecular weight excluding hydrogens is 421 g/mol. The van der Waals surface area contributed by atoms with Gasteiger partial charge in [-0.3, -0.25) is 0 Å². The van der Waals surface area contributed by atoms with Gasteiger partial charge in [-0.15, -0.1) is 11.3 Å². The Morgan fingerprint density at radius 3 is 2.11 bits per heavy atom. The van der Waals surface area contributed by atoms with Gasteiger partial charge in [0.1, 0.15) is 11.1 Å². The number of rotatable bonds is 7. The van der Waals surface area contributed by atoms with Crippen molar-refractivity contribution in [2.45, 2.75) is 22.0 Å². The molecule has 0 saturated heterocycles. The Kier molecular flexibility index (Phi) is 5.99. The zero-order valence-corrected chi connectivity index (χ0v) is 17.3. The highest BCUT2D eigenvalue weighted by Gasteiger charge is 2.31. The number of sulfone groups is 1. The number of hydrogen-bond acceptors (Lipinski definition) is 5. The Balaban J connectivity index is 1.91. The Hall–Kier alpha value is -2.07. The molecular formula is C19H18FNO4S3. The molecule has 0 fully saturated rings. The van der Waals surface area contributed by atoms with Crippen LogP contribution in [0.25, 0.3) is 0 Å². The summed E-state index contributed by atoms with van der Waals surface area (Å²) in [6, 6.07) is 14.1. The maximum absolute atomic E-state index is 13.2. The number of thiophene rings is 1. The molecule has 3 rings (SSSR count). The van der Waals surface area contributed by atoms with E-state index in [0.717, 1.165) is 29.8 Å². The summed E-state index contributed by atoms with van der Waals surface area (Å²) in [5.74, 6) is -0.558. The first kappa shape index (κ1) is 20.7. The van der Waals surface area contributed by atoms with Gasteiger partial charge in [-0.05, 0) is 54.8 Å². The van der Waals surface area contributed by atoms with Gasteiger partial charge in [-0.1, -0.05) is 23.8 Å². The second kappa shape index (κ2) is 8.12. The van der Waals surface area contributed by atoms with Crippen molar-refractivity contribution >= 4 is 31.2 Å². The van der Waals surface area contributed by atoms with Gasteiger partial charge in [-0.25, -0.2) is 25.9 Å². The van der Waals surface area contributed by atoms with Gasteiger partial charge in [0.2, 0.25) is 10.0 Å². The quantitative estimate of drug-likeness (QED) is 0.609. The summed E-state index contributed by atoms with van der Waals surface area (Å²) in [5.41, 5.74) is 0.920. The molecule has 9 heteroatoms. The summed E-state index contributed by atoms with van der Waals surface area (Å²) in [6.45, 7) is 1.51. The predicted octanol–water partition coefficient (Wildman–Crippen LogP) is 3.69. The average Bonchev–Trinajstić information content (AvgIpc) is 3.16. The molecule has 5 nitrogen and oxygen atoms in total. The summed E-state index contributed by atoms with van der Waals surface area (Å²) < 4.78 is 66.7. The van der Waals surface area contributed by atoms with Crippen molar-refractivity contribution < 1.29 is 21.2 Å². The van der Waals surface area contributed by atoms with Crippen LogP contribution in [0, 0.1) is 12.7 Å². The summed E-state index contributed by atoms with van der Waals surface area (Å²) in [6.07, 6.45) is 0. The van der Waals surface area contributed by atoms with Crippen LogP contribution in [0.5, 0.6) is 0 Å². The molecule has 0 radical (unpaired) electrons. The average molecular weight is 440 g/mol. The fourth-order valence-corrected chi connectivity index (χ4v) is 6.55. The maximum Gasteiger partial charge on any atom is 0.240 e. The van der Waals surface area contributed by atoms with Gasteiger partial charge < -0.3 is 0 Å². The van der Waals surface area contributed by atoms with E-state index in [0.29, 0.717) is 4.88 Å². The van der Waals surface area contributed by atoms with Crippen molar-refractivity contribution in [3.63, 3.8) is 0 Å². The SMILES string of the molecule is Cc1ccc(S(=O)(=O)[C@H](CNS(=O)(=O)c2ccc(F)cc2)c2cccs2)cc1. The highest BCUT2D eigenvalue weighted by atomic mass is 32.2. The van der Waals surface area contributed by atoms with Crippen LogP contribution >= 0.6 is 11.3 Å². The Morgan fingerprint density at radius 1 is 0.929 bits per heavy atom. The van der Waals surface area contributed by atoms with E-state index in [4.69, 9.17) is 0 Å². The zero-order valence-electron chi connectivity index (χ0n) is 14.9. The van der Waals surface area contributed by atoms with Crippen LogP contribution in [0.15, 0.2) is 75.8 Å². The fourth-order valence-electron chi connectivity index (χ4n) is 2.61. The van der Waals surface area contributed by atoms with Gasteiger partial charge in [0, 0.05) is 11.4 Å². The van der Waals surface area contributed by atoms with Gasteiger partial charge in [0.05, 0.1) is 9.79 Å². The highest BCUT2D eigenvalue weighted by Crippen LogP contribution is 2.32. The molecule has 0 unspecified atom stereocenters. The van der Waals surface area contributed by atoms with Crippen LogP contribution in [0.1, 0.15) is 15.7 Å². The predicted molar refractivity (Wildman–Crippen MR) is 107 cm³/mol. The lowest BCUT2D eigenvalue weighted by molar-refractivity contribution is 0.569. The van der Waals surface area contributed by atoms with Gasteiger partial charge in [0.25, 0.3) is 0 Å². The van der Waals surface area contributed by atoms with Crippen molar-refractivity contribution in [3.05, 3.63) is 82.3 Å². The van der Waals surface area contributed by atoms with E-state index in [-0.39, 0.29) is 16.3 Å². The standard InChI is InChI=1S/C19H18FNO4S3/c1-14-4-8-16(9-5-14)27(22,23)19(18-3-2-12-26-18)13-21-28(24,25)17-10-6-15(20)7-11-17/h2-12,19,21H,13H2,1H3/t19-/m1/s1. The fraction of sp³-hybridized carbons (Fsp3) is 0.158. The smallest absolute Gasteiger partial charge is 0.223 e. The second-order valence-corrected chi connectivity index (χ2v) is 11.0. The Labute approximate surface area is 167 Å². The van der Waals surface area contributed by atoms with Crippen molar-refractivity contribution in [1.82, 2.24) is 4.72 Å². The van der Waals surface area contributed by atoms with E-state index in [9.17, 15) is 21.2 Å². The molecule has 2 aromatic carbocycles. The Bertz CT molecular complexity index is 1140. The molecule has 148 valence electrons. The molecule has 0 spiro atoms. The molecule has 3 aromatic rings. The number of aryl methyl sites for hydroxylation is 1.